The lowest BCUT2D eigenvalue weighted by atomic mass is 10.1. The Balaban J connectivity index is 0.000000694. The summed E-state index contributed by atoms with van der Waals surface area (Å²) in [5, 5.41) is 3.61. The van der Waals surface area contributed by atoms with E-state index in [4.69, 9.17) is 4.52 Å². The van der Waals surface area contributed by atoms with Crippen LogP contribution in [0.1, 0.15) is 45.0 Å². The van der Waals surface area contributed by atoms with Crippen LogP contribution in [-0.2, 0) is 9.59 Å². The number of halogens is 1. The van der Waals surface area contributed by atoms with Gasteiger partial charge in [-0.2, -0.15) is 4.98 Å². The Bertz CT molecular complexity index is 1220. The molecule has 0 radical (unpaired) electrons. The zero-order valence-corrected chi connectivity index (χ0v) is 21.1. The molecule has 1 aliphatic rings. The van der Waals surface area contributed by atoms with Gasteiger partial charge >= 0.3 is 0 Å². The second kappa shape index (κ2) is 13.7. The van der Waals surface area contributed by atoms with Gasteiger partial charge in [0.05, 0.1) is 22.7 Å². The molecular formula is C25H31FN6O4. The number of aromatic nitrogens is 4. The van der Waals surface area contributed by atoms with Gasteiger partial charge in [-0.1, -0.05) is 37.2 Å². The van der Waals surface area contributed by atoms with Crippen molar-refractivity contribution >= 4 is 28.5 Å². The molecule has 36 heavy (non-hydrogen) atoms. The minimum atomic E-state index is -0.848. The Labute approximate surface area is 208 Å². The Morgan fingerprint density at radius 3 is 2.19 bits per heavy atom. The molecule has 4 heterocycles. The van der Waals surface area contributed by atoms with Crippen molar-refractivity contribution in [1.82, 2.24) is 29.9 Å². The van der Waals surface area contributed by atoms with E-state index in [1.54, 1.807) is 17.9 Å². The van der Waals surface area contributed by atoms with Crippen LogP contribution in [0.2, 0.25) is 0 Å². The van der Waals surface area contributed by atoms with Crippen LogP contribution in [0.15, 0.2) is 47.6 Å². The lowest BCUT2D eigenvalue weighted by Gasteiger charge is -2.33. The number of nitrogens with zero attached hydrogens (tertiary/aromatic N) is 5. The molecule has 11 heteroatoms. The first kappa shape index (κ1) is 28.1. The van der Waals surface area contributed by atoms with Gasteiger partial charge in [0, 0.05) is 32.4 Å². The van der Waals surface area contributed by atoms with Crippen LogP contribution in [0.4, 0.5) is 4.39 Å². The van der Waals surface area contributed by atoms with Gasteiger partial charge in [0.15, 0.2) is 5.82 Å². The second-order valence-electron chi connectivity index (χ2n) is 7.28. The molecule has 1 fully saturated rings. The molecule has 192 valence electrons. The van der Waals surface area contributed by atoms with E-state index in [1.165, 1.54) is 17.2 Å². The zero-order chi connectivity index (χ0) is 26.7. The summed E-state index contributed by atoms with van der Waals surface area (Å²) < 4.78 is 19.2. The number of carbonyl (C=O) groups excluding carboxylic acids is 3. The largest absolute Gasteiger partial charge is 0.358 e. The highest BCUT2D eigenvalue weighted by Crippen LogP contribution is 2.28. The summed E-state index contributed by atoms with van der Waals surface area (Å²) in [5.41, 5.74) is 0.282. The zero-order valence-electron chi connectivity index (χ0n) is 21.1. The van der Waals surface area contributed by atoms with Crippen molar-refractivity contribution in [2.75, 3.05) is 26.2 Å². The number of piperazine rings is 1. The van der Waals surface area contributed by atoms with E-state index in [2.05, 4.69) is 20.1 Å². The van der Waals surface area contributed by atoms with E-state index < -0.39 is 17.5 Å². The summed E-state index contributed by atoms with van der Waals surface area (Å²) in [7, 11) is 0. The van der Waals surface area contributed by atoms with Crippen molar-refractivity contribution in [1.29, 1.82) is 0 Å². The predicted molar refractivity (Wildman–Crippen MR) is 133 cm³/mol. The van der Waals surface area contributed by atoms with Crippen LogP contribution in [-0.4, -0.2) is 73.7 Å². The quantitative estimate of drug-likeness (QED) is 0.251. The van der Waals surface area contributed by atoms with E-state index in [0.717, 1.165) is 12.6 Å². The molecule has 1 N–H and O–H groups in total. The average Bonchev–Trinajstić information content (AvgIpc) is 3.61. The summed E-state index contributed by atoms with van der Waals surface area (Å²) in [6.45, 7) is 10.8. The number of carbonyl (C=O) groups is 3. The molecular weight excluding hydrogens is 467 g/mol. The second-order valence-corrected chi connectivity index (χ2v) is 7.28. The highest BCUT2D eigenvalue weighted by atomic mass is 19.1. The van der Waals surface area contributed by atoms with Crippen LogP contribution >= 0.6 is 0 Å². The fourth-order valence-corrected chi connectivity index (χ4v) is 3.37. The highest BCUT2D eigenvalue weighted by molar-refractivity contribution is 6.45. The van der Waals surface area contributed by atoms with Gasteiger partial charge < -0.3 is 19.3 Å². The topological polar surface area (TPSA) is 125 Å². The monoisotopic (exact) mass is 498 g/mol. The van der Waals surface area contributed by atoms with Crippen LogP contribution in [0.5, 0.6) is 0 Å². The number of ketones is 1. The maximum atomic E-state index is 14.5. The summed E-state index contributed by atoms with van der Waals surface area (Å²) in [6.07, 6.45) is 10.4. The van der Waals surface area contributed by atoms with Gasteiger partial charge in [0.25, 0.3) is 11.7 Å². The average molecular weight is 499 g/mol. The fraction of sp³-hybridized carbons (Fsp3) is 0.360. The maximum Gasteiger partial charge on any atom is 0.295 e. The van der Waals surface area contributed by atoms with E-state index in [-0.39, 0.29) is 47.0 Å². The number of allylic oxidation sites excluding steroid dienone is 3. The molecule has 3 aromatic heterocycles. The first-order valence-electron chi connectivity index (χ1n) is 11.7. The van der Waals surface area contributed by atoms with Gasteiger partial charge in [-0.25, -0.2) is 9.37 Å². The van der Waals surface area contributed by atoms with E-state index in [0.29, 0.717) is 13.1 Å². The summed E-state index contributed by atoms with van der Waals surface area (Å²) in [5.74, 6) is -2.38. The number of nitrogens with one attached hydrogen (secondary N) is 1. The fourth-order valence-electron chi connectivity index (χ4n) is 3.37. The maximum absolute atomic E-state index is 14.5. The molecule has 0 aliphatic carbocycles. The Kier molecular flexibility index (Phi) is 10.7. The molecule has 0 spiro atoms. The third-order valence-electron chi connectivity index (χ3n) is 5.20. The van der Waals surface area contributed by atoms with Crippen molar-refractivity contribution in [3.8, 4) is 11.5 Å². The number of hydrogen-bond donors (Lipinski definition) is 1. The first-order valence-corrected chi connectivity index (χ1v) is 11.7. The SMILES string of the molecule is C/C=C/C(=O)N1CCN(C(=O)C(=O)c2c[nH]c3c(-c4ncon4)ncc(F)c23)CC1.C/C=C\C.CC. The molecule has 0 aromatic carbocycles. The smallest absolute Gasteiger partial charge is 0.295 e. The molecule has 3 aromatic rings. The lowest BCUT2D eigenvalue weighted by molar-refractivity contribution is -0.134. The van der Waals surface area contributed by atoms with Crippen LogP contribution in [0.25, 0.3) is 22.4 Å². The third kappa shape index (κ3) is 6.29. The molecule has 1 saturated heterocycles. The minimum Gasteiger partial charge on any atom is -0.358 e. The summed E-state index contributed by atoms with van der Waals surface area (Å²) >= 11 is 0. The Morgan fingerprint density at radius 2 is 1.64 bits per heavy atom. The molecule has 0 atom stereocenters. The van der Waals surface area contributed by atoms with Crippen LogP contribution in [0, 0.1) is 5.82 Å². The summed E-state index contributed by atoms with van der Waals surface area (Å²) in [6, 6.07) is 0. The van der Waals surface area contributed by atoms with Gasteiger partial charge in [0.2, 0.25) is 18.1 Å². The summed E-state index contributed by atoms with van der Waals surface area (Å²) in [4.78, 5) is 51.1. The van der Waals surface area contributed by atoms with Crippen molar-refractivity contribution < 1.29 is 23.3 Å². The molecule has 0 bridgehead atoms. The van der Waals surface area contributed by atoms with Crippen molar-refractivity contribution in [3.63, 3.8) is 0 Å². The van der Waals surface area contributed by atoms with Gasteiger partial charge in [-0.3, -0.25) is 14.4 Å². The molecule has 10 nitrogen and oxygen atoms in total. The lowest BCUT2D eigenvalue weighted by Crippen LogP contribution is -2.51. The number of hydrogen-bond acceptors (Lipinski definition) is 7. The van der Waals surface area contributed by atoms with Crippen molar-refractivity contribution in [2.24, 2.45) is 0 Å². The number of rotatable bonds is 4. The van der Waals surface area contributed by atoms with Gasteiger partial charge in [0.1, 0.15) is 5.69 Å². The molecule has 0 unspecified atom stereocenters. The molecule has 0 saturated carbocycles. The van der Waals surface area contributed by atoms with E-state index in [9.17, 15) is 18.8 Å². The van der Waals surface area contributed by atoms with Crippen molar-refractivity contribution in [3.05, 3.63) is 54.5 Å². The number of amides is 2. The number of pyridine rings is 1. The van der Waals surface area contributed by atoms with Crippen LogP contribution in [0.3, 0.4) is 0 Å². The first-order chi connectivity index (χ1) is 17.4. The normalized spacial score (nSPS) is 13.4. The van der Waals surface area contributed by atoms with Crippen LogP contribution < -0.4 is 0 Å². The Hall–Kier alpha value is -4.15. The molecule has 4 rings (SSSR count). The number of fused-ring (bicyclic) bond motifs is 1. The van der Waals surface area contributed by atoms with Crippen molar-refractivity contribution in [2.45, 2.75) is 34.6 Å². The number of Topliss-reactive ketones (excluding diaryl/α,β-unsaturated/α-hetero) is 1. The van der Waals surface area contributed by atoms with E-state index in [1.807, 2.05) is 39.8 Å². The number of H-pyrrole nitrogens is 1. The van der Waals surface area contributed by atoms with E-state index >= 15 is 0 Å². The third-order valence-corrected chi connectivity index (χ3v) is 5.20. The predicted octanol–water partition coefficient (Wildman–Crippen LogP) is 3.79. The number of aromatic amines is 1. The molecule has 2 amide bonds. The standard InChI is InChI=1S/C19H17FN6O4.C4H8.C2H6/c1-2-3-13(27)25-4-6-26(7-5-25)19(29)17(28)11-8-21-15-14(11)12(20)9-22-16(15)18-23-10-30-24-18;1-3-4-2;1-2/h2-3,8-10,21H,4-7H2,1H3;3-4H,1-2H3;1-2H3/b3-2+;4-3-;. The molecule has 1 aliphatic heterocycles. The highest BCUT2D eigenvalue weighted by Gasteiger charge is 2.30. The minimum absolute atomic E-state index is 0.0648. The van der Waals surface area contributed by atoms with Gasteiger partial charge in [-0.05, 0) is 26.8 Å². The Morgan fingerprint density at radius 1 is 1.00 bits per heavy atom. The van der Waals surface area contributed by atoms with Gasteiger partial charge in [-0.15, -0.1) is 0 Å².